The summed E-state index contributed by atoms with van der Waals surface area (Å²) in [5.74, 6) is 0. The molecule has 0 bridgehead atoms. The lowest BCUT2D eigenvalue weighted by Crippen LogP contribution is -1.98. The number of aryl methyl sites for hydroxylation is 2. The Morgan fingerprint density at radius 3 is 2.37 bits per heavy atom. The van der Waals surface area contributed by atoms with Crippen molar-refractivity contribution in [3.05, 3.63) is 58.4 Å². The summed E-state index contributed by atoms with van der Waals surface area (Å²) in [4.78, 5) is 0. The lowest BCUT2D eigenvalue weighted by atomic mass is 10.2. The molecule has 0 radical (unpaired) electrons. The smallest absolute Gasteiger partial charge is 0.0944 e. The summed E-state index contributed by atoms with van der Waals surface area (Å²) in [6.07, 6.45) is 1.94. The van der Waals surface area contributed by atoms with Gasteiger partial charge < -0.3 is 4.57 Å². The normalized spacial score (nSPS) is 11.4. The van der Waals surface area contributed by atoms with Gasteiger partial charge in [-0.25, -0.2) is 0 Å². The van der Waals surface area contributed by atoms with E-state index in [1.807, 2.05) is 13.0 Å². The highest BCUT2D eigenvalue weighted by atomic mass is 15.0. The molecule has 1 heterocycles. The molecule has 0 spiro atoms. The first-order valence-corrected chi connectivity index (χ1v) is 6.37. The Morgan fingerprint density at radius 2 is 1.79 bits per heavy atom. The zero-order valence-electron chi connectivity index (χ0n) is 11.9. The fraction of sp³-hybridized carbons (Fsp3) is 0.235. The second kappa shape index (κ2) is 5.16. The number of nitriles is 1. The molecular weight excluding hydrogens is 232 g/mol. The first-order valence-electron chi connectivity index (χ1n) is 6.37. The minimum Gasteiger partial charge on any atom is -0.318 e. The van der Waals surface area contributed by atoms with E-state index in [0.29, 0.717) is 0 Å². The molecule has 2 aromatic rings. The summed E-state index contributed by atoms with van der Waals surface area (Å²) in [5, 5.41) is 8.89. The van der Waals surface area contributed by atoms with Gasteiger partial charge in [0.25, 0.3) is 0 Å². The van der Waals surface area contributed by atoms with Crippen LogP contribution >= 0.6 is 0 Å². The molecule has 1 aromatic carbocycles. The second-order valence-electron chi connectivity index (χ2n) is 4.94. The molecular formula is C17H18N2. The van der Waals surface area contributed by atoms with Gasteiger partial charge in [-0.05, 0) is 57.5 Å². The van der Waals surface area contributed by atoms with Gasteiger partial charge in [-0.1, -0.05) is 17.7 Å². The van der Waals surface area contributed by atoms with Crippen LogP contribution in [0.3, 0.4) is 0 Å². The summed E-state index contributed by atoms with van der Waals surface area (Å²) in [5.41, 5.74) is 6.59. The van der Waals surface area contributed by atoms with Crippen LogP contribution in [0.2, 0.25) is 0 Å². The van der Waals surface area contributed by atoms with Crippen LogP contribution in [-0.2, 0) is 0 Å². The molecule has 0 N–H and O–H groups in total. The van der Waals surface area contributed by atoms with E-state index in [4.69, 9.17) is 5.26 Å². The summed E-state index contributed by atoms with van der Waals surface area (Å²) >= 11 is 0. The molecule has 1 aromatic heterocycles. The Labute approximate surface area is 114 Å². The van der Waals surface area contributed by atoms with Crippen LogP contribution < -0.4 is 0 Å². The largest absolute Gasteiger partial charge is 0.318 e. The van der Waals surface area contributed by atoms with Crippen LogP contribution in [0.1, 0.15) is 29.4 Å². The summed E-state index contributed by atoms with van der Waals surface area (Å²) < 4.78 is 2.22. The summed E-state index contributed by atoms with van der Waals surface area (Å²) in [6, 6.07) is 12.8. The van der Waals surface area contributed by atoms with Gasteiger partial charge in [0.2, 0.25) is 0 Å². The van der Waals surface area contributed by atoms with Gasteiger partial charge in [-0.2, -0.15) is 5.26 Å². The standard InChI is InChI=1S/C17H18N2/c1-12-5-7-17(8-6-12)19-14(3)10-16(15(19)4)9-13(2)11-18/h5-10H,1-4H3/b13-9-. The van der Waals surface area contributed by atoms with Gasteiger partial charge >= 0.3 is 0 Å². The number of hydrogen-bond acceptors (Lipinski definition) is 1. The highest BCUT2D eigenvalue weighted by Crippen LogP contribution is 2.22. The fourth-order valence-corrected chi connectivity index (χ4v) is 2.29. The number of nitrogens with zero attached hydrogens (tertiary/aromatic N) is 2. The Morgan fingerprint density at radius 1 is 1.16 bits per heavy atom. The monoisotopic (exact) mass is 250 g/mol. The molecule has 19 heavy (non-hydrogen) atoms. The number of allylic oxidation sites excluding steroid dienone is 1. The molecule has 0 unspecified atom stereocenters. The number of hydrogen-bond donors (Lipinski definition) is 0. The Bertz CT molecular complexity index is 665. The van der Waals surface area contributed by atoms with Gasteiger partial charge in [-0.3, -0.25) is 0 Å². The van der Waals surface area contributed by atoms with E-state index in [1.54, 1.807) is 0 Å². The predicted octanol–water partition coefficient (Wildman–Crippen LogP) is 4.33. The van der Waals surface area contributed by atoms with Crippen LogP contribution in [0.25, 0.3) is 11.8 Å². The quantitative estimate of drug-likeness (QED) is 0.729. The first-order chi connectivity index (χ1) is 9.02. The van der Waals surface area contributed by atoms with Crippen molar-refractivity contribution in [1.29, 1.82) is 5.26 Å². The maximum Gasteiger partial charge on any atom is 0.0944 e. The van der Waals surface area contributed by atoms with Crippen LogP contribution in [0.5, 0.6) is 0 Å². The van der Waals surface area contributed by atoms with Crippen LogP contribution in [0.15, 0.2) is 35.9 Å². The Kier molecular flexibility index (Phi) is 3.57. The Balaban J connectivity index is 2.54. The zero-order chi connectivity index (χ0) is 14.0. The average molecular weight is 250 g/mol. The number of aromatic nitrogens is 1. The molecule has 0 amide bonds. The van der Waals surface area contributed by atoms with Crippen LogP contribution in [-0.4, -0.2) is 4.57 Å². The van der Waals surface area contributed by atoms with E-state index in [2.05, 4.69) is 61.7 Å². The van der Waals surface area contributed by atoms with Crippen molar-refractivity contribution in [2.24, 2.45) is 0 Å². The molecule has 0 atom stereocenters. The van der Waals surface area contributed by atoms with E-state index < -0.39 is 0 Å². The van der Waals surface area contributed by atoms with Gasteiger partial charge in [0.15, 0.2) is 0 Å². The molecule has 0 saturated heterocycles. The molecule has 0 aliphatic carbocycles. The third kappa shape index (κ3) is 2.61. The van der Waals surface area contributed by atoms with Crippen molar-refractivity contribution < 1.29 is 0 Å². The number of rotatable bonds is 2. The molecule has 0 fully saturated rings. The molecule has 2 heteroatoms. The predicted molar refractivity (Wildman–Crippen MR) is 79.2 cm³/mol. The molecule has 0 saturated carbocycles. The lowest BCUT2D eigenvalue weighted by molar-refractivity contribution is 0.963. The molecule has 96 valence electrons. The van der Waals surface area contributed by atoms with Crippen molar-refractivity contribution in [2.75, 3.05) is 0 Å². The van der Waals surface area contributed by atoms with Crippen molar-refractivity contribution >= 4 is 6.08 Å². The third-order valence-corrected chi connectivity index (χ3v) is 3.31. The maximum absolute atomic E-state index is 8.89. The van der Waals surface area contributed by atoms with Crippen LogP contribution in [0.4, 0.5) is 0 Å². The van der Waals surface area contributed by atoms with Crippen LogP contribution in [0, 0.1) is 32.1 Å². The van der Waals surface area contributed by atoms with Gasteiger partial charge in [0, 0.05) is 22.6 Å². The minimum absolute atomic E-state index is 0.726. The minimum atomic E-state index is 0.726. The maximum atomic E-state index is 8.89. The van der Waals surface area contributed by atoms with Crippen molar-refractivity contribution in [3.63, 3.8) is 0 Å². The zero-order valence-corrected chi connectivity index (χ0v) is 11.9. The van der Waals surface area contributed by atoms with Gasteiger partial charge in [-0.15, -0.1) is 0 Å². The van der Waals surface area contributed by atoms with E-state index in [1.165, 1.54) is 11.3 Å². The topological polar surface area (TPSA) is 28.7 Å². The van der Waals surface area contributed by atoms with Gasteiger partial charge in [0.05, 0.1) is 6.07 Å². The van der Waals surface area contributed by atoms with E-state index in [9.17, 15) is 0 Å². The summed E-state index contributed by atoms with van der Waals surface area (Å²) in [6.45, 7) is 8.09. The SMILES string of the molecule is C/C(C#N)=C/c1cc(C)n(-c2ccc(C)cc2)c1C. The van der Waals surface area contributed by atoms with E-state index in [0.717, 1.165) is 22.5 Å². The van der Waals surface area contributed by atoms with Gasteiger partial charge in [0.1, 0.15) is 0 Å². The van der Waals surface area contributed by atoms with E-state index in [-0.39, 0.29) is 0 Å². The molecule has 0 aliphatic rings. The molecule has 2 rings (SSSR count). The third-order valence-electron chi connectivity index (χ3n) is 3.31. The van der Waals surface area contributed by atoms with Crippen molar-refractivity contribution in [3.8, 4) is 11.8 Å². The van der Waals surface area contributed by atoms with Crippen molar-refractivity contribution in [2.45, 2.75) is 27.7 Å². The fourth-order valence-electron chi connectivity index (χ4n) is 2.29. The second-order valence-corrected chi connectivity index (χ2v) is 4.94. The summed E-state index contributed by atoms with van der Waals surface area (Å²) in [7, 11) is 0. The molecule has 0 aliphatic heterocycles. The lowest BCUT2D eigenvalue weighted by Gasteiger charge is -2.09. The molecule has 2 nitrogen and oxygen atoms in total. The Hall–Kier alpha value is -2.27. The highest BCUT2D eigenvalue weighted by molar-refractivity contribution is 5.61. The highest BCUT2D eigenvalue weighted by Gasteiger charge is 2.09. The first kappa shape index (κ1) is 13.2. The van der Waals surface area contributed by atoms with Crippen molar-refractivity contribution in [1.82, 2.24) is 4.57 Å². The van der Waals surface area contributed by atoms with E-state index >= 15 is 0 Å². The average Bonchev–Trinajstić information content (AvgIpc) is 2.66. The number of benzene rings is 1.